The van der Waals surface area contributed by atoms with Gasteiger partial charge in [0.1, 0.15) is 0 Å². The number of nitrogens with one attached hydrogen (secondary N) is 1. The van der Waals surface area contributed by atoms with Crippen molar-refractivity contribution in [3.05, 3.63) is 86.6 Å². The number of hydrogen-bond acceptors (Lipinski definition) is 5. The van der Waals surface area contributed by atoms with Crippen LogP contribution in [0.15, 0.2) is 48.5 Å². The number of anilines is 1. The van der Waals surface area contributed by atoms with Crippen molar-refractivity contribution >= 4 is 17.3 Å². The minimum atomic E-state index is -4.65. The molecule has 1 aliphatic rings. The summed E-state index contributed by atoms with van der Waals surface area (Å²) in [5.74, 6) is -0.838. The minimum Gasteiger partial charge on any atom is -0.322 e. The first-order valence-corrected chi connectivity index (χ1v) is 10.8. The monoisotopic (exact) mass is 524 g/mol. The van der Waals surface area contributed by atoms with Crippen molar-refractivity contribution in [1.82, 2.24) is 9.88 Å². The molecular formula is C24H18F6N4O3. The molecule has 13 heteroatoms. The lowest BCUT2D eigenvalue weighted by Gasteiger charge is -2.16. The summed E-state index contributed by atoms with van der Waals surface area (Å²) in [6.45, 7) is -0.186. The van der Waals surface area contributed by atoms with Crippen LogP contribution in [0.3, 0.4) is 0 Å². The summed E-state index contributed by atoms with van der Waals surface area (Å²) in [4.78, 5) is 29.1. The zero-order valence-electron chi connectivity index (χ0n) is 19.1. The highest BCUT2D eigenvalue weighted by Crippen LogP contribution is 2.35. The molecule has 0 unspecified atom stereocenters. The molecule has 0 spiro atoms. The van der Waals surface area contributed by atoms with Gasteiger partial charge < -0.3 is 5.32 Å². The number of aryl methyl sites for hydroxylation is 1. The van der Waals surface area contributed by atoms with Gasteiger partial charge in [-0.2, -0.15) is 26.3 Å². The Hall–Kier alpha value is -4.00. The number of nitrogens with zero attached hydrogens (tertiary/aromatic N) is 3. The Bertz CT molecular complexity index is 1370. The molecule has 37 heavy (non-hydrogen) atoms. The molecule has 1 N–H and O–H groups in total. The number of pyridine rings is 1. The SMILES string of the molecule is Cc1ccc(NC(=O)c2cc3c(nc2-c2ccc([N+](=O)[O-])cc2)CN(CC(F)(F)F)C3)cc1C(F)(F)F. The lowest BCUT2D eigenvalue weighted by atomic mass is 10.0. The van der Waals surface area contributed by atoms with Gasteiger partial charge in [-0.3, -0.25) is 24.8 Å². The molecule has 1 amide bonds. The van der Waals surface area contributed by atoms with E-state index in [0.29, 0.717) is 11.3 Å². The van der Waals surface area contributed by atoms with Crippen molar-refractivity contribution in [3.63, 3.8) is 0 Å². The summed E-state index contributed by atoms with van der Waals surface area (Å²) in [7, 11) is 0. The van der Waals surface area contributed by atoms with Crippen LogP contribution in [-0.2, 0) is 19.3 Å². The summed E-state index contributed by atoms with van der Waals surface area (Å²) in [6.07, 6.45) is -9.10. The number of hydrogen-bond donors (Lipinski definition) is 1. The third-order valence-corrected chi connectivity index (χ3v) is 5.76. The molecular weight excluding hydrogens is 506 g/mol. The largest absolute Gasteiger partial charge is 0.416 e. The molecule has 194 valence electrons. The summed E-state index contributed by atoms with van der Waals surface area (Å²) in [6, 6.07) is 9.65. The molecule has 2 heterocycles. The lowest BCUT2D eigenvalue weighted by molar-refractivity contribution is -0.384. The Morgan fingerprint density at radius 3 is 2.32 bits per heavy atom. The Balaban J connectivity index is 1.73. The van der Waals surface area contributed by atoms with E-state index in [9.17, 15) is 41.3 Å². The number of nitro benzene ring substituents is 1. The number of alkyl halides is 6. The van der Waals surface area contributed by atoms with E-state index in [1.165, 1.54) is 49.4 Å². The third-order valence-electron chi connectivity index (χ3n) is 5.76. The minimum absolute atomic E-state index is 0.0307. The maximum Gasteiger partial charge on any atom is 0.416 e. The normalized spacial score (nSPS) is 13.9. The van der Waals surface area contributed by atoms with Crippen LogP contribution in [0.5, 0.6) is 0 Å². The first-order chi connectivity index (χ1) is 17.2. The van der Waals surface area contributed by atoms with Crippen LogP contribution in [-0.4, -0.2) is 33.4 Å². The fourth-order valence-corrected chi connectivity index (χ4v) is 4.08. The van der Waals surface area contributed by atoms with Crippen LogP contribution in [0, 0.1) is 17.0 Å². The predicted octanol–water partition coefficient (Wildman–Crippen LogP) is 6.11. The van der Waals surface area contributed by atoms with Gasteiger partial charge in [-0.25, -0.2) is 0 Å². The van der Waals surface area contributed by atoms with Crippen LogP contribution in [0.4, 0.5) is 37.7 Å². The first-order valence-electron chi connectivity index (χ1n) is 10.8. The number of nitro groups is 1. The maximum atomic E-state index is 13.3. The smallest absolute Gasteiger partial charge is 0.322 e. The van der Waals surface area contributed by atoms with Crippen LogP contribution < -0.4 is 5.32 Å². The zero-order chi connectivity index (χ0) is 27.1. The van der Waals surface area contributed by atoms with Crippen LogP contribution in [0.2, 0.25) is 0 Å². The molecule has 0 radical (unpaired) electrons. The molecule has 0 aliphatic carbocycles. The number of carbonyl (C=O) groups is 1. The van der Waals surface area contributed by atoms with Gasteiger partial charge in [-0.05, 0) is 48.4 Å². The van der Waals surface area contributed by atoms with Gasteiger partial charge >= 0.3 is 12.4 Å². The maximum absolute atomic E-state index is 13.3. The van der Waals surface area contributed by atoms with Crippen molar-refractivity contribution in [2.75, 3.05) is 11.9 Å². The average Bonchev–Trinajstić information content (AvgIpc) is 3.18. The number of amides is 1. The highest BCUT2D eigenvalue weighted by molar-refractivity contribution is 6.08. The fourth-order valence-electron chi connectivity index (χ4n) is 4.08. The van der Waals surface area contributed by atoms with E-state index in [1.807, 2.05) is 0 Å². The van der Waals surface area contributed by atoms with Crippen LogP contribution in [0.1, 0.15) is 32.7 Å². The molecule has 1 aromatic heterocycles. The van der Waals surface area contributed by atoms with E-state index in [1.54, 1.807) is 0 Å². The molecule has 0 fully saturated rings. The molecule has 0 saturated carbocycles. The van der Waals surface area contributed by atoms with Gasteiger partial charge in [0.05, 0.1) is 34.0 Å². The Morgan fingerprint density at radius 2 is 1.73 bits per heavy atom. The van der Waals surface area contributed by atoms with Gasteiger partial charge in [0, 0.05) is 36.5 Å². The van der Waals surface area contributed by atoms with E-state index in [-0.39, 0.29) is 46.8 Å². The highest BCUT2D eigenvalue weighted by atomic mass is 19.4. The second-order valence-corrected chi connectivity index (χ2v) is 8.54. The average molecular weight is 524 g/mol. The lowest BCUT2D eigenvalue weighted by Crippen LogP contribution is -2.30. The van der Waals surface area contributed by atoms with Crippen molar-refractivity contribution in [3.8, 4) is 11.3 Å². The Morgan fingerprint density at radius 1 is 1.05 bits per heavy atom. The summed E-state index contributed by atoms with van der Waals surface area (Å²) in [5, 5.41) is 13.4. The number of carbonyl (C=O) groups excluding carboxylic acids is 1. The molecule has 0 atom stereocenters. The standard InChI is InChI=1S/C24H18F6N4O3/c1-13-2-5-16(9-19(13)24(28,29)30)31-22(35)18-8-15-10-33(12-23(25,26)27)11-20(15)32-21(18)14-3-6-17(7-4-14)34(36)37/h2-9H,10-12H2,1H3,(H,31,35). The Labute approximate surface area is 205 Å². The van der Waals surface area contributed by atoms with E-state index in [2.05, 4.69) is 10.3 Å². The third kappa shape index (κ3) is 5.88. The quantitative estimate of drug-likeness (QED) is 0.247. The molecule has 4 rings (SSSR count). The molecule has 0 saturated heterocycles. The number of aromatic nitrogens is 1. The predicted molar refractivity (Wildman–Crippen MR) is 121 cm³/mol. The van der Waals surface area contributed by atoms with Gasteiger partial charge in [0.25, 0.3) is 11.6 Å². The van der Waals surface area contributed by atoms with Crippen molar-refractivity contribution in [2.45, 2.75) is 32.4 Å². The van der Waals surface area contributed by atoms with Gasteiger partial charge in [-0.1, -0.05) is 6.07 Å². The Kier molecular flexibility index (Phi) is 6.67. The number of non-ortho nitro benzene ring substituents is 1. The zero-order valence-corrected chi connectivity index (χ0v) is 19.1. The molecule has 7 nitrogen and oxygen atoms in total. The highest BCUT2D eigenvalue weighted by Gasteiger charge is 2.35. The fraction of sp³-hybridized carbons (Fsp3) is 0.250. The summed E-state index contributed by atoms with van der Waals surface area (Å²) < 4.78 is 78.7. The van der Waals surface area contributed by atoms with E-state index >= 15 is 0 Å². The number of rotatable bonds is 5. The number of halogens is 6. The molecule has 1 aliphatic heterocycles. The summed E-state index contributed by atoms with van der Waals surface area (Å²) in [5.41, 5.74) is -0.490. The van der Waals surface area contributed by atoms with Gasteiger partial charge in [0.15, 0.2) is 0 Å². The molecule has 2 aromatic carbocycles. The van der Waals surface area contributed by atoms with Crippen molar-refractivity contribution < 1.29 is 36.1 Å². The van der Waals surface area contributed by atoms with Crippen molar-refractivity contribution in [2.24, 2.45) is 0 Å². The molecule has 3 aromatic rings. The number of benzene rings is 2. The summed E-state index contributed by atoms with van der Waals surface area (Å²) >= 11 is 0. The van der Waals surface area contributed by atoms with Gasteiger partial charge in [0.2, 0.25) is 0 Å². The van der Waals surface area contributed by atoms with E-state index in [4.69, 9.17) is 0 Å². The second kappa shape index (κ2) is 9.47. The van der Waals surface area contributed by atoms with E-state index < -0.39 is 35.3 Å². The molecule has 0 bridgehead atoms. The van der Waals surface area contributed by atoms with Gasteiger partial charge in [-0.15, -0.1) is 0 Å². The number of fused-ring (bicyclic) bond motifs is 1. The van der Waals surface area contributed by atoms with E-state index in [0.717, 1.165) is 11.0 Å². The second-order valence-electron chi connectivity index (χ2n) is 8.54. The first kappa shape index (κ1) is 26.1. The topological polar surface area (TPSA) is 88.4 Å². The van der Waals surface area contributed by atoms with Crippen molar-refractivity contribution in [1.29, 1.82) is 0 Å². The van der Waals surface area contributed by atoms with Crippen LogP contribution >= 0.6 is 0 Å². The van der Waals surface area contributed by atoms with Crippen LogP contribution in [0.25, 0.3) is 11.3 Å².